The Labute approximate surface area is 251 Å². The number of benzene rings is 1. The molecule has 1 aromatic carbocycles. The second kappa shape index (κ2) is 14.0. The summed E-state index contributed by atoms with van der Waals surface area (Å²) in [4.78, 5) is 18.0. The minimum Gasteiger partial charge on any atom is -0.475 e. The number of morpholine rings is 1. The molecule has 12 heteroatoms. The number of nitrogens with zero attached hydrogens (tertiary/aromatic N) is 4. The molecule has 0 saturated carbocycles. The Morgan fingerprint density at radius 1 is 1.12 bits per heavy atom. The van der Waals surface area contributed by atoms with Gasteiger partial charge >= 0.3 is 6.03 Å². The largest absolute Gasteiger partial charge is 0.475 e. The average molecular weight is 601 g/mol. The predicted molar refractivity (Wildman–Crippen MR) is 160 cm³/mol. The van der Waals surface area contributed by atoms with Gasteiger partial charge in [0.05, 0.1) is 31.1 Å². The number of nitrogens with one attached hydrogen (secondary N) is 2. The number of carbonyl (C=O) groups excluding carboxylic acids is 1. The smallest absolute Gasteiger partial charge is 0.320 e. The zero-order chi connectivity index (χ0) is 30.4. The van der Waals surface area contributed by atoms with Crippen molar-refractivity contribution in [3.63, 3.8) is 0 Å². The van der Waals surface area contributed by atoms with E-state index in [1.807, 2.05) is 44.2 Å². The van der Waals surface area contributed by atoms with Gasteiger partial charge in [-0.15, -0.1) is 5.10 Å². The minimum absolute atomic E-state index is 0.0526. The summed E-state index contributed by atoms with van der Waals surface area (Å²) in [5.41, 5.74) is 0.816. The third kappa shape index (κ3) is 7.43. The highest BCUT2D eigenvalue weighted by Crippen LogP contribution is 2.45. The van der Waals surface area contributed by atoms with Crippen molar-refractivity contribution < 1.29 is 27.8 Å². The maximum Gasteiger partial charge on any atom is 0.320 e. The molecule has 2 N–H and O–H groups in total. The number of likely N-dealkylation sites (tertiary alicyclic amines) is 1. The predicted octanol–water partition coefficient (Wildman–Crippen LogP) is 4.08. The highest BCUT2D eigenvalue weighted by atomic mass is 19.2. The fraction of sp³-hybridized carbons (Fsp3) is 0.548. The Bertz CT molecular complexity index is 1310. The quantitative estimate of drug-likeness (QED) is 0.402. The van der Waals surface area contributed by atoms with Crippen LogP contribution >= 0.6 is 0 Å². The van der Waals surface area contributed by atoms with Gasteiger partial charge < -0.3 is 19.5 Å². The van der Waals surface area contributed by atoms with Crippen molar-refractivity contribution in [2.45, 2.75) is 26.3 Å². The molecule has 1 aromatic heterocycles. The molecule has 2 aliphatic heterocycles. The van der Waals surface area contributed by atoms with Crippen LogP contribution in [0.15, 0.2) is 54.1 Å². The molecule has 2 saturated heterocycles. The third-order valence-electron chi connectivity index (χ3n) is 8.64. The van der Waals surface area contributed by atoms with Crippen molar-refractivity contribution >= 4 is 11.8 Å². The van der Waals surface area contributed by atoms with Gasteiger partial charge in [0.25, 0.3) is 0 Å². The van der Waals surface area contributed by atoms with E-state index in [4.69, 9.17) is 19.3 Å². The van der Waals surface area contributed by atoms with E-state index in [0.717, 1.165) is 38.5 Å². The van der Waals surface area contributed by atoms with Crippen molar-refractivity contribution in [2.75, 3.05) is 78.1 Å². The molecule has 2 fully saturated rings. The molecule has 1 unspecified atom stereocenters. The maximum absolute atomic E-state index is 14.4. The number of hydrogen-bond donors (Lipinski definition) is 2. The lowest BCUT2D eigenvalue weighted by molar-refractivity contribution is 0.0319. The summed E-state index contributed by atoms with van der Waals surface area (Å²) < 4.78 is 46.8. The number of para-hydroxylation sites is 1. The van der Waals surface area contributed by atoms with Crippen LogP contribution in [0.1, 0.15) is 18.9 Å². The molecule has 2 amide bonds. The van der Waals surface area contributed by atoms with Gasteiger partial charge in [0.2, 0.25) is 5.88 Å². The van der Waals surface area contributed by atoms with Gasteiger partial charge in [0, 0.05) is 64.8 Å². The standard InChI is InChI=1S/C31H42F2N6O4/c1-22-28(39(23-7-5-4-6-8-23)36-29(22)43-18-14-37-12-16-42-17-13-37)35-30(40)34-27-21-38(11-15-41-3)20-24(27)31(2)10-9-25(32)26(33)19-31/h4-10,24,27H,11-21H2,1-3H3,(H2,34,35,40)/t24-,27-,31?/m1/s1. The van der Waals surface area contributed by atoms with E-state index in [-0.39, 0.29) is 18.4 Å². The molecule has 1 aliphatic carbocycles. The molecule has 0 spiro atoms. The lowest BCUT2D eigenvalue weighted by atomic mass is 9.70. The van der Waals surface area contributed by atoms with E-state index >= 15 is 0 Å². The Morgan fingerprint density at radius 3 is 2.58 bits per heavy atom. The van der Waals surface area contributed by atoms with Crippen LogP contribution in [0.3, 0.4) is 0 Å². The normalized spacial score (nSPS) is 24.9. The number of ether oxygens (including phenoxy) is 3. The van der Waals surface area contributed by atoms with Crippen molar-refractivity contribution in [1.82, 2.24) is 24.9 Å². The Balaban J connectivity index is 1.32. The summed E-state index contributed by atoms with van der Waals surface area (Å²) in [6, 6.07) is 8.83. The van der Waals surface area contributed by atoms with Gasteiger partial charge in [0.1, 0.15) is 18.3 Å². The number of hydrogen-bond acceptors (Lipinski definition) is 7. The van der Waals surface area contributed by atoms with Crippen LogP contribution in [0, 0.1) is 18.3 Å². The highest BCUT2D eigenvalue weighted by molar-refractivity contribution is 5.90. The topological polar surface area (TPSA) is 93.1 Å². The SMILES string of the molecule is COCCN1C[C@@H](C2(C)C=CC(F)=C(F)C2)[C@H](NC(=O)Nc2c(C)c(OCCN3CCOCC3)nn2-c2ccccc2)C1. The van der Waals surface area contributed by atoms with Crippen LogP contribution in [-0.4, -0.2) is 104 Å². The molecule has 43 heavy (non-hydrogen) atoms. The summed E-state index contributed by atoms with van der Waals surface area (Å²) in [5.74, 6) is -0.796. The summed E-state index contributed by atoms with van der Waals surface area (Å²) in [6.45, 7) is 10.5. The highest BCUT2D eigenvalue weighted by Gasteiger charge is 2.46. The number of halogens is 2. The number of urea groups is 1. The average Bonchev–Trinajstić information content (AvgIpc) is 3.56. The number of allylic oxidation sites excluding steroid dienone is 4. The van der Waals surface area contributed by atoms with Gasteiger partial charge in [0.15, 0.2) is 5.83 Å². The zero-order valence-corrected chi connectivity index (χ0v) is 25.2. The van der Waals surface area contributed by atoms with Crippen molar-refractivity contribution in [2.24, 2.45) is 11.3 Å². The van der Waals surface area contributed by atoms with Crippen LogP contribution < -0.4 is 15.4 Å². The molecular formula is C31H42F2N6O4. The van der Waals surface area contributed by atoms with E-state index in [2.05, 4.69) is 20.4 Å². The molecule has 2 aromatic rings. The molecule has 0 radical (unpaired) electrons. The number of anilines is 1. The molecule has 234 valence electrons. The van der Waals surface area contributed by atoms with Crippen molar-refractivity contribution in [3.05, 3.63) is 59.7 Å². The van der Waals surface area contributed by atoms with Gasteiger partial charge in [-0.25, -0.2) is 18.3 Å². The van der Waals surface area contributed by atoms with Gasteiger partial charge in [-0.3, -0.25) is 15.1 Å². The number of methoxy groups -OCH3 is 1. The summed E-state index contributed by atoms with van der Waals surface area (Å²) >= 11 is 0. The van der Waals surface area contributed by atoms with E-state index < -0.39 is 23.1 Å². The first-order chi connectivity index (χ1) is 20.8. The molecule has 3 atom stereocenters. The first-order valence-electron chi connectivity index (χ1n) is 14.9. The molecular weight excluding hydrogens is 558 g/mol. The number of aromatic nitrogens is 2. The Kier molecular flexibility index (Phi) is 10.1. The molecule has 5 rings (SSSR count). The van der Waals surface area contributed by atoms with E-state index in [1.165, 1.54) is 6.08 Å². The van der Waals surface area contributed by atoms with Crippen LogP contribution in [0.4, 0.5) is 19.4 Å². The van der Waals surface area contributed by atoms with Crippen molar-refractivity contribution in [1.29, 1.82) is 0 Å². The molecule has 3 heterocycles. The van der Waals surface area contributed by atoms with Crippen LogP contribution in [0.25, 0.3) is 5.69 Å². The second-order valence-corrected chi connectivity index (χ2v) is 11.7. The van der Waals surface area contributed by atoms with Crippen molar-refractivity contribution in [3.8, 4) is 11.6 Å². The minimum atomic E-state index is -0.832. The number of rotatable bonds is 11. The maximum atomic E-state index is 14.4. The Hall–Kier alpha value is -3.32. The summed E-state index contributed by atoms with van der Waals surface area (Å²) in [7, 11) is 1.64. The zero-order valence-electron chi connectivity index (χ0n) is 25.2. The van der Waals surface area contributed by atoms with E-state index in [0.29, 0.717) is 50.1 Å². The number of carbonyl (C=O) groups is 1. The fourth-order valence-electron chi connectivity index (χ4n) is 6.11. The Morgan fingerprint density at radius 2 is 1.86 bits per heavy atom. The van der Waals surface area contributed by atoms with Gasteiger partial charge in [-0.2, -0.15) is 0 Å². The summed E-state index contributed by atoms with van der Waals surface area (Å²) in [6.07, 6.45) is 2.89. The van der Waals surface area contributed by atoms with Gasteiger partial charge in [-0.1, -0.05) is 31.2 Å². The van der Waals surface area contributed by atoms with Crippen LogP contribution in [0.2, 0.25) is 0 Å². The van der Waals surface area contributed by atoms with Crippen LogP contribution in [-0.2, 0) is 9.47 Å². The van der Waals surface area contributed by atoms with Crippen LogP contribution in [0.5, 0.6) is 5.88 Å². The number of amides is 2. The summed E-state index contributed by atoms with van der Waals surface area (Å²) in [5, 5.41) is 10.9. The fourth-order valence-corrected chi connectivity index (χ4v) is 6.11. The third-order valence-corrected chi connectivity index (χ3v) is 8.64. The first-order valence-corrected chi connectivity index (χ1v) is 14.9. The van der Waals surface area contributed by atoms with Gasteiger partial charge in [-0.05, 0) is 30.5 Å². The first kappa shape index (κ1) is 31.1. The molecule has 0 bridgehead atoms. The van der Waals surface area contributed by atoms with E-state index in [9.17, 15) is 13.6 Å². The lowest BCUT2D eigenvalue weighted by Gasteiger charge is -2.37. The molecule has 3 aliphatic rings. The lowest BCUT2D eigenvalue weighted by Crippen LogP contribution is -2.47. The second-order valence-electron chi connectivity index (χ2n) is 11.7. The monoisotopic (exact) mass is 600 g/mol. The van der Waals surface area contributed by atoms with E-state index in [1.54, 1.807) is 17.9 Å². The molecule has 10 nitrogen and oxygen atoms in total.